The van der Waals surface area contributed by atoms with Crippen LogP contribution in [0.25, 0.3) is 0 Å². The third kappa shape index (κ3) is 19.5. The number of carboxylic acid groups (broad SMARTS) is 1. The van der Waals surface area contributed by atoms with E-state index in [-0.39, 0.29) is 6.42 Å². The maximum absolute atomic E-state index is 10.1. The van der Waals surface area contributed by atoms with Gasteiger partial charge in [-0.2, -0.15) is 0 Å². The number of aliphatic carboxylic acids is 1. The maximum Gasteiger partial charge on any atom is 0.307 e. The summed E-state index contributed by atoms with van der Waals surface area (Å²) in [6.07, 6.45) is 3.93. The Balaban J connectivity index is 0. The molecule has 0 saturated heterocycles. The van der Waals surface area contributed by atoms with Crippen LogP contribution in [0.1, 0.15) is 40.5 Å². The molecule has 0 bridgehead atoms. The van der Waals surface area contributed by atoms with Crippen LogP contribution in [0.4, 0.5) is 0 Å². The average molecular weight is 218 g/mol. The molecule has 15 heavy (non-hydrogen) atoms. The fourth-order valence-corrected chi connectivity index (χ4v) is 0.679. The lowest BCUT2D eigenvalue weighted by atomic mass is 10.3. The summed E-state index contributed by atoms with van der Waals surface area (Å²) in [5, 5.41) is 17.4. The van der Waals surface area contributed by atoms with Crippen molar-refractivity contribution in [3.8, 4) is 0 Å². The fourth-order valence-electron chi connectivity index (χ4n) is 0.679. The molecule has 4 heteroatoms. The van der Waals surface area contributed by atoms with Crippen LogP contribution < -0.4 is 0 Å². The van der Waals surface area contributed by atoms with Gasteiger partial charge in [-0.1, -0.05) is 26.0 Å². The molecule has 0 aromatic rings. The highest BCUT2D eigenvalue weighted by molar-refractivity contribution is 5.68. The summed E-state index contributed by atoms with van der Waals surface area (Å²) in [6.45, 7) is 7.49. The van der Waals surface area contributed by atoms with Gasteiger partial charge in [0.05, 0.1) is 13.0 Å². The van der Waals surface area contributed by atoms with Crippen LogP contribution in [0.15, 0.2) is 12.2 Å². The van der Waals surface area contributed by atoms with E-state index in [1.165, 1.54) is 0 Å². The molecule has 0 fully saturated rings. The van der Waals surface area contributed by atoms with Crippen LogP contribution in [-0.2, 0) is 9.53 Å². The topological polar surface area (TPSA) is 66.8 Å². The maximum atomic E-state index is 10.1. The highest BCUT2D eigenvalue weighted by Gasteiger charge is 2.10. The summed E-state index contributed by atoms with van der Waals surface area (Å²) in [6, 6.07) is 0. The van der Waals surface area contributed by atoms with Crippen molar-refractivity contribution in [3.63, 3.8) is 0 Å². The SMILES string of the molecule is CC.CC(C)(O)OCC/C=C\CC(=O)O. The fraction of sp³-hybridized carbons (Fsp3) is 0.727. The number of carboxylic acids is 1. The van der Waals surface area contributed by atoms with Crippen LogP contribution >= 0.6 is 0 Å². The molecule has 0 heterocycles. The number of rotatable bonds is 6. The average Bonchev–Trinajstić information content (AvgIpc) is 2.12. The van der Waals surface area contributed by atoms with Gasteiger partial charge in [0, 0.05) is 0 Å². The molecule has 0 amide bonds. The minimum Gasteiger partial charge on any atom is -0.481 e. The van der Waals surface area contributed by atoms with E-state index in [0.29, 0.717) is 13.0 Å². The van der Waals surface area contributed by atoms with E-state index in [2.05, 4.69) is 0 Å². The van der Waals surface area contributed by atoms with Crippen LogP contribution in [-0.4, -0.2) is 28.6 Å². The molecule has 0 aliphatic rings. The van der Waals surface area contributed by atoms with E-state index in [4.69, 9.17) is 14.9 Å². The van der Waals surface area contributed by atoms with Crippen molar-refractivity contribution < 1.29 is 19.7 Å². The molecule has 0 saturated carbocycles. The smallest absolute Gasteiger partial charge is 0.307 e. The zero-order valence-corrected chi connectivity index (χ0v) is 9.99. The molecule has 0 rings (SSSR count). The predicted molar refractivity (Wildman–Crippen MR) is 59.6 cm³/mol. The second-order valence-electron chi connectivity index (χ2n) is 3.15. The molecule has 0 atom stereocenters. The minimum atomic E-state index is -1.11. The van der Waals surface area contributed by atoms with Crippen molar-refractivity contribution in [2.75, 3.05) is 6.61 Å². The van der Waals surface area contributed by atoms with Gasteiger partial charge in [0.1, 0.15) is 0 Å². The third-order valence-corrected chi connectivity index (χ3v) is 1.20. The minimum absolute atomic E-state index is 0.0303. The molecule has 2 N–H and O–H groups in total. The molecule has 0 aliphatic heterocycles. The van der Waals surface area contributed by atoms with Crippen molar-refractivity contribution >= 4 is 5.97 Å². The Labute approximate surface area is 91.6 Å². The molecule has 0 spiro atoms. The van der Waals surface area contributed by atoms with Gasteiger partial charge >= 0.3 is 5.97 Å². The first-order valence-corrected chi connectivity index (χ1v) is 5.15. The first-order chi connectivity index (χ1) is 6.92. The number of ether oxygens (including phenoxy) is 1. The van der Waals surface area contributed by atoms with Crippen LogP contribution in [0.3, 0.4) is 0 Å². The standard InChI is InChI=1S/C9H16O4.C2H6/c1-9(2,12)13-7-5-3-4-6-8(10)11;1-2/h3-4,12H,5-7H2,1-2H3,(H,10,11);1-2H3/b4-3-;. The van der Waals surface area contributed by atoms with Crippen molar-refractivity contribution in [1.82, 2.24) is 0 Å². The lowest BCUT2D eigenvalue weighted by molar-refractivity contribution is -0.174. The lowest BCUT2D eigenvalue weighted by Crippen LogP contribution is -2.23. The number of hydrogen-bond donors (Lipinski definition) is 2. The third-order valence-electron chi connectivity index (χ3n) is 1.20. The van der Waals surface area contributed by atoms with Gasteiger partial charge in [0.2, 0.25) is 0 Å². The monoisotopic (exact) mass is 218 g/mol. The van der Waals surface area contributed by atoms with Gasteiger partial charge in [0.25, 0.3) is 0 Å². The molecule has 90 valence electrons. The van der Waals surface area contributed by atoms with E-state index in [9.17, 15) is 4.79 Å². The molecule has 0 aliphatic carbocycles. The van der Waals surface area contributed by atoms with Crippen LogP contribution in [0.2, 0.25) is 0 Å². The van der Waals surface area contributed by atoms with Crippen molar-refractivity contribution in [2.45, 2.75) is 46.3 Å². The van der Waals surface area contributed by atoms with Crippen molar-refractivity contribution in [2.24, 2.45) is 0 Å². The Morgan fingerprint density at radius 1 is 1.33 bits per heavy atom. The van der Waals surface area contributed by atoms with Gasteiger partial charge in [-0.15, -0.1) is 0 Å². The quantitative estimate of drug-likeness (QED) is 0.407. The van der Waals surface area contributed by atoms with E-state index < -0.39 is 11.8 Å². The Morgan fingerprint density at radius 2 is 1.87 bits per heavy atom. The van der Waals surface area contributed by atoms with Gasteiger partial charge in [-0.3, -0.25) is 4.79 Å². The molecule has 0 unspecified atom stereocenters. The summed E-state index contributed by atoms with van der Waals surface area (Å²) < 4.78 is 4.99. The zero-order chi connectivity index (χ0) is 12.3. The molecule has 0 radical (unpaired) electrons. The molecule has 0 aromatic heterocycles. The highest BCUT2D eigenvalue weighted by Crippen LogP contribution is 2.03. The van der Waals surface area contributed by atoms with E-state index in [1.807, 2.05) is 13.8 Å². The summed E-state index contributed by atoms with van der Waals surface area (Å²) in [5.41, 5.74) is 0. The number of aliphatic hydroxyl groups is 1. The van der Waals surface area contributed by atoms with Gasteiger partial charge in [-0.05, 0) is 20.3 Å². The lowest BCUT2D eigenvalue weighted by Gasteiger charge is -2.17. The second-order valence-corrected chi connectivity index (χ2v) is 3.15. The molecular weight excluding hydrogens is 196 g/mol. The first-order valence-electron chi connectivity index (χ1n) is 5.15. The largest absolute Gasteiger partial charge is 0.481 e. The van der Waals surface area contributed by atoms with Crippen molar-refractivity contribution in [3.05, 3.63) is 12.2 Å². The number of hydrogen-bond acceptors (Lipinski definition) is 3. The summed E-state index contributed by atoms with van der Waals surface area (Å²) in [7, 11) is 0. The van der Waals surface area contributed by atoms with Crippen LogP contribution in [0, 0.1) is 0 Å². The summed E-state index contributed by atoms with van der Waals surface area (Å²) in [5.74, 6) is -1.96. The van der Waals surface area contributed by atoms with Crippen LogP contribution in [0.5, 0.6) is 0 Å². The van der Waals surface area contributed by atoms with Gasteiger partial charge in [0.15, 0.2) is 5.79 Å². The predicted octanol–water partition coefficient (Wildman–Crippen LogP) is 2.18. The van der Waals surface area contributed by atoms with Crippen molar-refractivity contribution in [1.29, 1.82) is 0 Å². The molecule has 0 aromatic carbocycles. The Bertz CT molecular complexity index is 180. The summed E-state index contributed by atoms with van der Waals surface area (Å²) in [4.78, 5) is 10.1. The van der Waals surface area contributed by atoms with E-state index in [0.717, 1.165) is 0 Å². The zero-order valence-electron chi connectivity index (χ0n) is 9.99. The summed E-state index contributed by atoms with van der Waals surface area (Å²) >= 11 is 0. The normalized spacial score (nSPS) is 11.0. The Hall–Kier alpha value is -0.870. The molecule has 4 nitrogen and oxygen atoms in total. The second kappa shape index (κ2) is 9.68. The van der Waals surface area contributed by atoms with Gasteiger partial charge < -0.3 is 14.9 Å². The van der Waals surface area contributed by atoms with Gasteiger partial charge in [-0.25, -0.2) is 0 Å². The Kier molecular flexibility index (Phi) is 10.7. The van der Waals surface area contributed by atoms with E-state index in [1.54, 1.807) is 26.0 Å². The first kappa shape index (κ1) is 16.6. The number of carbonyl (C=O) groups is 1. The highest BCUT2D eigenvalue weighted by atomic mass is 16.6. The molecular formula is C11H22O4. The van der Waals surface area contributed by atoms with E-state index >= 15 is 0 Å². The Morgan fingerprint density at radius 3 is 2.27 bits per heavy atom.